The molecule has 0 bridgehead atoms. The van der Waals surface area contributed by atoms with Gasteiger partial charge < -0.3 is 10.2 Å². The van der Waals surface area contributed by atoms with Crippen LogP contribution in [0.15, 0.2) is 42.5 Å². The molecular formula is C23H31N3O3S. The van der Waals surface area contributed by atoms with Crippen molar-refractivity contribution >= 4 is 33.0 Å². The SMILES string of the molecule is Cc1ccc(C)c(N([C@@H](C)C(=O)Nc2ccc(N3CCCCC3)cc2)S(C)(=O)=O)c1. The molecule has 0 aliphatic carbocycles. The average Bonchev–Trinajstić information content (AvgIpc) is 2.71. The van der Waals surface area contributed by atoms with E-state index >= 15 is 0 Å². The van der Waals surface area contributed by atoms with E-state index in [4.69, 9.17) is 0 Å². The molecule has 2 aromatic carbocycles. The fourth-order valence-corrected chi connectivity index (χ4v) is 5.12. The lowest BCUT2D eigenvalue weighted by molar-refractivity contribution is -0.116. The second-order valence-corrected chi connectivity index (χ2v) is 9.97. The van der Waals surface area contributed by atoms with E-state index in [9.17, 15) is 13.2 Å². The normalized spacial score (nSPS) is 15.5. The van der Waals surface area contributed by atoms with Crippen LogP contribution in [-0.2, 0) is 14.8 Å². The third-order valence-electron chi connectivity index (χ3n) is 5.55. The van der Waals surface area contributed by atoms with Crippen LogP contribution in [0.3, 0.4) is 0 Å². The fraction of sp³-hybridized carbons (Fsp3) is 0.435. The van der Waals surface area contributed by atoms with E-state index in [-0.39, 0.29) is 5.91 Å². The van der Waals surface area contributed by atoms with Gasteiger partial charge in [-0.05, 0) is 81.5 Å². The molecule has 1 heterocycles. The zero-order chi connectivity index (χ0) is 21.9. The number of anilines is 3. The number of carbonyl (C=O) groups excluding carboxylic acids is 1. The largest absolute Gasteiger partial charge is 0.372 e. The molecule has 1 aliphatic heterocycles. The molecule has 3 rings (SSSR count). The Hall–Kier alpha value is -2.54. The van der Waals surface area contributed by atoms with E-state index in [0.29, 0.717) is 11.4 Å². The van der Waals surface area contributed by atoms with Crippen molar-refractivity contribution in [1.29, 1.82) is 0 Å². The van der Waals surface area contributed by atoms with Gasteiger partial charge in [0, 0.05) is 24.5 Å². The molecular weight excluding hydrogens is 398 g/mol. The van der Waals surface area contributed by atoms with Gasteiger partial charge in [-0.2, -0.15) is 0 Å². The maximum atomic E-state index is 12.9. The summed E-state index contributed by atoms with van der Waals surface area (Å²) in [4.78, 5) is 15.3. The highest BCUT2D eigenvalue weighted by molar-refractivity contribution is 7.92. The van der Waals surface area contributed by atoms with Crippen LogP contribution in [-0.4, -0.2) is 39.7 Å². The third-order valence-corrected chi connectivity index (χ3v) is 6.77. The number of nitrogens with one attached hydrogen (secondary N) is 1. The fourth-order valence-electron chi connectivity index (χ4n) is 3.89. The van der Waals surface area contributed by atoms with Crippen molar-refractivity contribution in [2.75, 3.05) is 33.9 Å². The van der Waals surface area contributed by atoms with Crippen LogP contribution in [0.1, 0.15) is 37.3 Å². The van der Waals surface area contributed by atoms with Gasteiger partial charge in [0.05, 0.1) is 11.9 Å². The molecule has 1 aliphatic rings. The predicted octanol–water partition coefficient (Wildman–Crippen LogP) is 4.09. The number of benzene rings is 2. The lowest BCUT2D eigenvalue weighted by Crippen LogP contribution is -2.45. The monoisotopic (exact) mass is 429 g/mol. The second-order valence-electron chi connectivity index (χ2n) is 8.11. The summed E-state index contributed by atoms with van der Waals surface area (Å²) in [5.74, 6) is -0.368. The number of hydrogen-bond donors (Lipinski definition) is 1. The summed E-state index contributed by atoms with van der Waals surface area (Å²) in [7, 11) is -3.65. The van der Waals surface area contributed by atoms with Gasteiger partial charge in [0.25, 0.3) is 0 Å². The predicted molar refractivity (Wildman–Crippen MR) is 124 cm³/mol. The molecule has 0 saturated carbocycles. The first kappa shape index (κ1) is 22.2. The van der Waals surface area contributed by atoms with Crippen molar-refractivity contribution in [2.24, 2.45) is 0 Å². The van der Waals surface area contributed by atoms with Gasteiger partial charge in [-0.3, -0.25) is 9.10 Å². The van der Waals surface area contributed by atoms with Crippen LogP contribution in [0.25, 0.3) is 0 Å². The van der Waals surface area contributed by atoms with E-state index in [2.05, 4.69) is 10.2 Å². The molecule has 7 heteroatoms. The molecule has 1 saturated heterocycles. The number of sulfonamides is 1. The number of aryl methyl sites for hydroxylation is 2. The van der Waals surface area contributed by atoms with Crippen molar-refractivity contribution in [3.63, 3.8) is 0 Å². The summed E-state index contributed by atoms with van der Waals surface area (Å²) < 4.78 is 26.3. The standard InChI is InChI=1S/C23H31N3O3S/c1-17-8-9-18(2)22(16-17)26(30(4,28)29)19(3)23(27)24-20-10-12-21(13-11-20)25-14-6-5-7-15-25/h8-13,16,19H,5-7,14-15H2,1-4H3,(H,24,27)/t19-/m0/s1. The Kier molecular flexibility index (Phi) is 6.71. The highest BCUT2D eigenvalue weighted by atomic mass is 32.2. The van der Waals surface area contributed by atoms with E-state index in [1.54, 1.807) is 13.0 Å². The highest BCUT2D eigenvalue weighted by Crippen LogP contribution is 2.27. The Labute approximate surface area is 179 Å². The lowest BCUT2D eigenvalue weighted by atomic mass is 10.1. The van der Waals surface area contributed by atoms with E-state index in [1.165, 1.54) is 23.6 Å². The summed E-state index contributed by atoms with van der Waals surface area (Å²) in [6.45, 7) is 7.47. The van der Waals surface area contributed by atoms with Gasteiger partial charge >= 0.3 is 0 Å². The lowest BCUT2D eigenvalue weighted by Gasteiger charge is -2.30. The number of nitrogens with zero attached hydrogens (tertiary/aromatic N) is 2. The number of amides is 1. The zero-order valence-corrected chi connectivity index (χ0v) is 19.0. The third kappa shape index (κ3) is 5.14. The highest BCUT2D eigenvalue weighted by Gasteiger charge is 2.30. The Morgan fingerprint density at radius 2 is 1.67 bits per heavy atom. The minimum absolute atomic E-state index is 0.368. The number of piperidine rings is 1. The van der Waals surface area contributed by atoms with Gasteiger partial charge in [0.15, 0.2) is 0 Å². The summed E-state index contributed by atoms with van der Waals surface area (Å²) >= 11 is 0. The molecule has 162 valence electrons. The quantitative estimate of drug-likeness (QED) is 0.751. The smallest absolute Gasteiger partial charge is 0.247 e. The van der Waals surface area contributed by atoms with E-state index < -0.39 is 16.1 Å². The van der Waals surface area contributed by atoms with Crippen LogP contribution in [0.2, 0.25) is 0 Å². The molecule has 0 unspecified atom stereocenters. The van der Waals surface area contributed by atoms with E-state index in [1.807, 2.05) is 50.2 Å². The minimum Gasteiger partial charge on any atom is -0.372 e. The van der Waals surface area contributed by atoms with Crippen molar-refractivity contribution in [3.05, 3.63) is 53.6 Å². The Morgan fingerprint density at radius 3 is 2.27 bits per heavy atom. The molecule has 30 heavy (non-hydrogen) atoms. The van der Waals surface area contributed by atoms with Crippen LogP contribution in [0.5, 0.6) is 0 Å². The van der Waals surface area contributed by atoms with Gasteiger partial charge in [-0.15, -0.1) is 0 Å². The van der Waals surface area contributed by atoms with Gasteiger partial charge in [0.1, 0.15) is 6.04 Å². The Morgan fingerprint density at radius 1 is 1.03 bits per heavy atom. The van der Waals surface area contributed by atoms with Crippen molar-refractivity contribution in [2.45, 2.75) is 46.1 Å². The molecule has 0 spiro atoms. The summed E-state index contributed by atoms with van der Waals surface area (Å²) in [5.41, 5.74) is 4.07. The maximum Gasteiger partial charge on any atom is 0.247 e. The van der Waals surface area contributed by atoms with E-state index in [0.717, 1.165) is 36.2 Å². The van der Waals surface area contributed by atoms with Crippen LogP contribution < -0.4 is 14.5 Å². The number of carbonyl (C=O) groups is 1. The topological polar surface area (TPSA) is 69.7 Å². The van der Waals surface area contributed by atoms with Gasteiger partial charge in [-0.25, -0.2) is 8.42 Å². The first-order valence-corrected chi connectivity index (χ1v) is 12.2. The molecule has 1 N–H and O–H groups in total. The number of rotatable bonds is 6. The first-order chi connectivity index (χ1) is 14.2. The van der Waals surface area contributed by atoms with Crippen LogP contribution in [0, 0.1) is 13.8 Å². The van der Waals surface area contributed by atoms with Crippen molar-refractivity contribution in [1.82, 2.24) is 0 Å². The molecule has 6 nitrogen and oxygen atoms in total. The maximum absolute atomic E-state index is 12.9. The van der Waals surface area contributed by atoms with Gasteiger partial charge in [0.2, 0.25) is 15.9 Å². The summed E-state index contributed by atoms with van der Waals surface area (Å²) in [6.07, 6.45) is 4.82. The molecule has 1 amide bonds. The second kappa shape index (κ2) is 9.08. The van der Waals surface area contributed by atoms with Crippen LogP contribution >= 0.6 is 0 Å². The first-order valence-electron chi connectivity index (χ1n) is 10.4. The summed E-state index contributed by atoms with van der Waals surface area (Å²) in [6, 6.07) is 12.5. The molecule has 1 atom stereocenters. The molecule has 1 fully saturated rings. The van der Waals surface area contributed by atoms with Crippen molar-refractivity contribution in [3.8, 4) is 0 Å². The number of hydrogen-bond acceptors (Lipinski definition) is 4. The Bertz CT molecular complexity index is 997. The molecule has 0 radical (unpaired) electrons. The Balaban J connectivity index is 1.78. The van der Waals surface area contributed by atoms with Crippen LogP contribution in [0.4, 0.5) is 17.1 Å². The average molecular weight is 430 g/mol. The van der Waals surface area contributed by atoms with Gasteiger partial charge in [-0.1, -0.05) is 12.1 Å². The molecule has 2 aromatic rings. The summed E-state index contributed by atoms with van der Waals surface area (Å²) in [5, 5.41) is 2.86. The zero-order valence-electron chi connectivity index (χ0n) is 18.2. The minimum atomic E-state index is -3.65. The molecule has 0 aromatic heterocycles. The van der Waals surface area contributed by atoms with Crippen molar-refractivity contribution < 1.29 is 13.2 Å².